The number of nitriles is 1. The maximum Gasteiger partial charge on any atom is 0.158 e. The molecule has 2 N–H and O–H groups in total. The molecule has 27 heavy (non-hydrogen) atoms. The van der Waals surface area contributed by atoms with Crippen LogP contribution in [0.3, 0.4) is 0 Å². The zero-order chi connectivity index (χ0) is 18.6. The lowest BCUT2D eigenvalue weighted by Crippen LogP contribution is -2.66. The number of carbonyl (C=O) groups is 1. The van der Waals surface area contributed by atoms with E-state index < -0.39 is 11.5 Å². The minimum Gasteiger partial charge on any atom is -0.346 e. The molecule has 8 nitrogen and oxygen atoms in total. The summed E-state index contributed by atoms with van der Waals surface area (Å²) in [5, 5.41) is 18.5. The van der Waals surface area contributed by atoms with E-state index in [1.54, 1.807) is 10.9 Å². The summed E-state index contributed by atoms with van der Waals surface area (Å²) in [6.07, 6.45) is 8.71. The summed E-state index contributed by atoms with van der Waals surface area (Å²) >= 11 is 0. The van der Waals surface area contributed by atoms with Crippen molar-refractivity contribution in [3.05, 3.63) is 31.0 Å². The number of carbonyl (C=O) groups excluding carboxylic acids is 1. The summed E-state index contributed by atoms with van der Waals surface area (Å²) in [7, 11) is 0. The van der Waals surface area contributed by atoms with Gasteiger partial charge in [0, 0.05) is 41.8 Å². The molecule has 136 valence electrons. The molecule has 3 aromatic rings. The Labute approximate surface area is 155 Å². The maximum atomic E-state index is 13.0. The third kappa shape index (κ3) is 2.25. The second-order valence-corrected chi connectivity index (χ2v) is 7.83. The highest BCUT2D eigenvalue weighted by molar-refractivity contribution is 5.92. The van der Waals surface area contributed by atoms with Crippen LogP contribution in [0.4, 0.5) is 0 Å². The van der Waals surface area contributed by atoms with Crippen molar-refractivity contribution in [1.82, 2.24) is 30.0 Å². The van der Waals surface area contributed by atoms with E-state index in [0.717, 1.165) is 35.1 Å². The van der Waals surface area contributed by atoms with E-state index in [9.17, 15) is 10.1 Å². The molecular formula is C19H19N7O. The van der Waals surface area contributed by atoms with Gasteiger partial charge in [-0.2, -0.15) is 10.4 Å². The molecule has 0 spiro atoms. The summed E-state index contributed by atoms with van der Waals surface area (Å²) < 4.78 is 1.79. The molecule has 2 aliphatic rings. The average Bonchev–Trinajstić information content (AvgIpc) is 3.05. The van der Waals surface area contributed by atoms with Gasteiger partial charge in [-0.25, -0.2) is 9.97 Å². The second-order valence-electron chi connectivity index (χ2n) is 7.83. The number of hydrogen-bond donors (Lipinski definition) is 2. The lowest BCUT2D eigenvalue weighted by Gasteiger charge is -2.45. The van der Waals surface area contributed by atoms with Crippen LogP contribution in [-0.2, 0) is 10.3 Å². The second kappa shape index (κ2) is 5.47. The lowest BCUT2D eigenvalue weighted by atomic mass is 9.73. The zero-order valence-electron chi connectivity index (χ0n) is 14.9. The van der Waals surface area contributed by atoms with Gasteiger partial charge in [-0.1, -0.05) is 6.92 Å². The highest BCUT2D eigenvalue weighted by Gasteiger charge is 2.57. The first-order chi connectivity index (χ1) is 13.1. The monoisotopic (exact) mass is 361 g/mol. The number of aromatic amines is 1. The molecule has 1 saturated carbocycles. The van der Waals surface area contributed by atoms with Gasteiger partial charge >= 0.3 is 0 Å². The molecule has 2 fully saturated rings. The van der Waals surface area contributed by atoms with E-state index in [1.165, 1.54) is 6.33 Å². The van der Waals surface area contributed by atoms with Crippen molar-refractivity contribution in [2.75, 3.05) is 13.1 Å². The van der Waals surface area contributed by atoms with E-state index in [0.29, 0.717) is 13.1 Å². The van der Waals surface area contributed by atoms with Crippen LogP contribution in [-0.4, -0.2) is 43.6 Å². The topological polar surface area (TPSA) is 112 Å². The number of fused-ring (bicyclic) bond motifs is 1. The molecular weight excluding hydrogens is 342 g/mol. The molecule has 1 atom stereocenters. The standard InChI is InChI=1S/C19H19N7O/c1-18(3-4-18)16(27)14(6-20)19(9-21-10-19)26-8-12(7-25-26)15-13-2-5-22-17(13)24-11-23-15/h2,5,7-8,11,14,21H,3-4,9-10H2,1H3,(H,22,23,24). The highest BCUT2D eigenvalue weighted by atomic mass is 16.1. The predicted octanol–water partition coefficient (Wildman–Crippen LogP) is 1.63. The van der Waals surface area contributed by atoms with Gasteiger partial charge in [-0.15, -0.1) is 0 Å². The van der Waals surface area contributed by atoms with Crippen LogP contribution >= 0.6 is 0 Å². The fraction of sp³-hybridized carbons (Fsp3) is 0.421. The van der Waals surface area contributed by atoms with Gasteiger partial charge in [-0.3, -0.25) is 9.48 Å². The van der Waals surface area contributed by atoms with E-state index >= 15 is 0 Å². The van der Waals surface area contributed by atoms with Crippen LogP contribution in [0, 0.1) is 22.7 Å². The number of nitrogens with one attached hydrogen (secondary N) is 2. The number of rotatable bonds is 5. The van der Waals surface area contributed by atoms with Crippen molar-refractivity contribution in [1.29, 1.82) is 5.26 Å². The third-order valence-electron chi connectivity index (χ3n) is 6.05. The number of nitrogens with zero attached hydrogens (tertiary/aromatic N) is 5. The van der Waals surface area contributed by atoms with Crippen molar-refractivity contribution in [3.8, 4) is 17.3 Å². The molecule has 1 saturated heterocycles. The van der Waals surface area contributed by atoms with E-state index in [2.05, 4.69) is 31.4 Å². The van der Waals surface area contributed by atoms with Crippen molar-refractivity contribution in [2.45, 2.75) is 25.3 Å². The number of H-pyrrole nitrogens is 1. The minimum atomic E-state index is -0.711. The van der Waals surface area contributed by atoms with E-state index in [4.69, 9.17) is 0 Å². The SMILES string of the molecule is CC1(C(=O)C(C#N)C2(n3cc(-c4ncnc5[nH]ccc45)cn3)CNC2)CC1. The quantitative estimate of drug-likeness (QED) is 0.714. The van der Waals surface area contributed by atoms with Crippen LogP contribution < -0.4 is 5.32 Å². The Kier molecular flexibility index (Phi) is 3.27. The van der Waals surface area contributed by atoms with Gasteiger partial charge < -0.3 is 10.3 Å². The number of aromatic nitrogens is 5. The van der Waals surface area contributed by atoms with Gasteiger partial charge in [0.1, 0.15) is 23.4 Å². The Morgan fingerprint density at radius 3 is 2.85 bits per heavy atom. The molecule has 1 aliphatic heterocycles. The molecule has 0 radical (unpaired) electrons. The smallest absolute Gasteiger partial charge is 0.158 e. The molecule has 0 amide bonds. The van der Waals surface area contributed by atoms with Crippen LogP contribution in [0.25, 0.3) is 22.3 Å². The van der Waals surface area contributed by atoms with Gasteiger partial charge in [0.05, 0.1) is 18.0 Å². The first-order valence-electron chi connectivity index (χ1n) is 9.06. The van der Waals surface area contributed by atoms with Crippen molar-refractivity contribution >= 4 is 16.8 Å². The lowest BCUT2D eigenvalue weighted by molar-refractivity contribution is -0.130. The van der Waals surface area contributed by atoms with Crippen molar-refractivity contribution < 1.29 is 4.79 Å². The van der Waals surface area contributed by atoms with E-state index in [-0.39, 0.29) is 11.2 Å². The molecule has 0 bridgehead atoms. The Hall–Kier alpha value is -3.05. The minimum absolute atomic E-state index is 0.0404. The van der Waals surface area contributed by atoms with Gasteiger partial charge in [0.25, 0.3) is 0 Å². The molecule has 1 unspecified atom stereocenters. The number of Topliss-reactive ketones (excluding diaryl/α,β-unsaturated/α-hetero) is 1. The molecule has 5 rings (SSSR count). The van der Waals surface area contributed by atoms with Crippen LogP contribution in [0.15, 0.2) is 31.0 Å². The van der Waals surface area contributed by atoms with Gasteiger partial charge in [0.2, 0.25) is 0 Å². The average molecular weight is 361 g/mol. The Balaban J connectivity index is 1.55. The van der Waals surface area contributed by atoms with Crippen LogP contribution in [0.5, 0.6) is 0 Å². The first kappa shape index (κ1) is 16.1. The predicted molar refractivity (Wildman–Crippen MR) is 97.4 cm³/mol. The van der Waals surface area contributed by atoms with E-state index in [1.807, 2.05) is 25.4 Å². The van der Waals surface area contributed by atoms with Crippen molar-refractivity contribution in [2.24, 2.45) is 11.3 Å². The molecule has 3 aromatic heterocycles. The zero-order valence-corrected chi connectivity index (χ0v) is 14.9. The Morgan fingerprint density at radius 2 is 2.19 bits per heavy atom. The third-order valence-corrected chi connectivity index (χ3v) is 6.05. The summed E-state index contributed by atoms with van der Waals surface area (Å²) in [6, 6.07) is 4.21. The summed E-state index contributed by atoms with van der Waals surface area (Å²) in [6.45, 7) is 3.06. The van der Waals surface area contributed by atoms with Gasteiger partial charge in [-0.05, 0) is 18.9 Å². The highest BCUT2D eigenvalue weighted by Crippen LogP contribution is 2.50. The summed E-state index contributed by atoms with van der Waals surface area (Å²) in [4.78, 5) is 24.7. The number of ketones is 1. The number of hydrogen-bond acceptors (Lipinski definition) is 6. The molecule has 0 aromatic carbocycles. The largest absolute Gasteiger partial charge is 0.346 e. The normalized spacial score (nSPS) is 20.6. The fourth-order valence-corrected chi connectivity index (χ4v) is 3.88. The molecule has 1 aliphatic carbocycles. The Morgan fingerprint density at radius 1 is 1.37 bits per heavy atom. The van der Waals surface area contributed by atoms with Gasteiger partial charge in [0.15, 0.2) is 5.78 Å². The van der Waals surface area contributed by atoms with Crippen molar-refractivity contribution in [3.63, 3.8) is 0 Å². The van der Waals surface area contributed by atoms with Crippen LogP contribution in [0.2, 0.25) is 0 Å². The Bertz CT molecular complexity index is 1080. The molecule has 4 heterocycles. The summed E-state index contributed by atoms with van der Waals surface area (Å²) in [5.74, 6) is -0.671. The summed E-state index contributed by atoms with van der Waals surface area (Å²) in [5.41, 5.74) is 1.40. The first-order valence-corrected chi connectivity index (χ1v) is 9.06. The molecule has 8 heteroatoms. The maximum absolute atomic E-state index is 13.0. The fourth-order valence-electron chi connectivity index (χ4n) is 3.88. The van der Waals surface area contributed by atoms with Crippen LogP contribution in [0.1, 0.15) is 19.8 Å².